The van der Waals surface area contributed by atoms with Gasteiger partial charge in [-0.1, -0.05) is 25.2 Å². The normalized spacial score (nSPS) is 18.4. The van der Waals surface area contributed by atoms with E-state index in [2.05, 4.69) is 29.4 Å². The molecule has 1 aliphatic rings. The lowest BCUT2D eigenvalue weighted by Crippen LogP contribution is -2.14. The van der Waals surface area contributed by atoms with E-state index in [1.54, 1.807) is 11.3 Å². The Hall–Kier alpha value is -0.480. The minimum atomic E-state index is 0.558. The second kappa shape index (κ2) is 4.36. The van der Waals surface area contributed by atoms with Crippen LogP contribution < -0.4 is 5.32 Å². The van der Waals surface area contributed by atoms with E-state index in [1.807, 2.05) is 0 Å². The molecular formula is C10H17N3S. The number of hydrogen-bond acceptors (Lipinski definition) is 4. The zero-order valence-electron chi connectivity index (χ0n) is 8.79. The number of aromatic nitrogens is 2. The fourth-order valence-electron chi connectivity index (χ4n) is 1.23. The molecule has 1 heterocycles. The summed E-state index contributed by atoms with van der Waals surface area (Å²) in [6.45, 7) is 5.30. The molecule has 14 heavy (non-hydrogen) atoms. The molecular weight excluding hydrogens is 194 g/mol. The number of nitrogens with zero attached hydrogens (tertiary/aromatic N) is 2. The molecule has 78 valence electrons. The van der Waals surface area contributed by atoms with Crippen LogP contribution in [0.15, 0.2) is 0 Å². The first-order valence-corrected chi connectivity index (χ1v) is 6.17. The minimum Gasteiger partial charge on any atom is -0.308 e. The van der Waals surface area contributed by atoms with E-state index >= 15 is 0 Å². The maximum absolute atomic E-state index is 4.21. The highest BCUT2D eigenvalue weighted by molar-refractivity contribution is 7.11. The van der Waals surface area contributed by atoms with Crippen LogP contribution in [0.25, 0.3) is 0 Å². The molecule has 0 radical (unpaired) electrons. The van der Waals surface area contributed by atoms with E-state index in [1.165, 1.54) is 17.8 Å². The van der Waals surface area contributed by atoms with Crippen molar-refractivity contribution in [1.29, 1.82) is 0 Å². The van der Waals surface area contributed by atoms with Crippen LogP contribution in [0.2, 0.25) is 0 Å². The van der Waals surface area contributed by atoms with Crippen LogP contribution in [-0.4, -0.2) is 16.2 Å². The van der Waals surface area contributed by atoms with Crippen LogP contribution in [0.3, 0.4) is 0 Å². The zero-order valence-corrected chi connectivity index (χ0v) is 9.60. The van der Waals surface area contributed by atoms with Crippen molar-refractivity contribution in [3.8, 4) is 0 Å². The lowest BCUT2D eigenvalue weighted by molar-refractivity contribution is 0.674. The molecule has 4 heteroatoms. The van der Waals surface area contributed by atoms with E-state index in [9.17, 15) is 0 Å². The second-order valence-corrected chi connectivity index (χ2v) is 5.09. The Morgan fingerprint density at radius 3 is 2.93 bits per heavy atom. The molecule has 1 unspecified atom stereocenters. The quantitative estimate of drug-likeness (QED) is 0.812. The Morgan fingerprint density at radius 2 is 2.29 bits per heavy atom. The summed E-state index contributed by atoms with van der Waals surface area (Å²) in [7, 11) is 0. The van der Waals surface area contributed by atoms with Gasteiger partial charge in [-0.3, -0.25) is 0 Å². The molecule has 3 nitrogen and oxygen atoms in total. The Labute approximate surface area is 88.9 Å². The highest BCUT2D eigenvalue weighted by Gasteiger charge is 2.20. The summed E-state index contributed by atoms with van der Waals surface area (Å²) in [5.74, 6) is 0.558. The molecule has 2 rings (SSSR count). The Kier molecular flexibility index (Phi) is 3.13. The SMILES string of the molecule is CCC(C)c1nnc(CNC2CC2)s1. The van der Waals surface area contributed by atoms with Crippen LogP contribution in [0.1, 0.15) is 49.0 Å². The second-order valence-electron chi connectivity index (χ2n) is 4.00. The van der Waals surface area contributed by atoms with E-state index in [-0.39, 0.29) is 0 Å². The van der Waals surface area contributed by atoms with Gasteiger partial charge < -0.3 is 5.32 Å². The first-order chi connectivity index (χ1) is 6.79. The molecule has 1 aromatic rings. The maximum atomic E-state index is 4.21. The van der Waals surface area contributed by atoms with Crippen LogP contribution in [0, 0.1) is 0 Å². The smallest absolute Gasteiger partial charge is 0.131 e. The van der Waals surface area contributed by atoms with E-state index in [0.717, 1.165) is 24.0 Å². The molecule has 1 fully saturated rings. The molecule has 0 saturated heterocycles. The van der Waals surface area contributed by atoms with Gasteiger partial charge in [-0.15, -0.1) is 10.2 Å². The fraction of sp³-hybridized carbons (Fsp3) is 0.800. The van der Waals surface area contributed by atoms with Gasteiger partial charge in [0, 0.05) is 18.5 Å². The topological polar surface area (TPSA) is 37.8 Å². The molecule has 0 aromatic carbocycles. The monoisotopic (exact) mass is 211 g/mol. The summed E-state index contributed by atoms with van der Waals surface area (Å²) >= 11 is 1.75. The molecule has 1 N–H and O–H groups in total. The van der Waals surface area contributed by atoms with Crippen LogP contribution in [-0.2, 0) is 6.54 Å². The van der Waals surface area contributed by atoms with E-state index < -0.39 is 0 Å². The molecule has 1 atom stereocenters. The number of hydrogen-bond donors (Lipinski definition) is 1. The highest BCUT2D eigenvalue weighted by atomic mass is 32.1. The Morgan fingerprint density at radius 1 is 1.50 bits per heavy atom. The van der Waals surface area contributed by atoms with Crippen molar-refractivity contribution in [3.63, 3.8) is 0 Å². The van der Waals surface area contributed by atoms with Gasteiger partial charge in [0.15, 0.2) is 0 Å². The maximum Gasteiger partial charge on any atom is 0.131 e. The summed E-state index contributed by atoms with van der Waals surface area (Å²) in [5.41, 5.74) is 0. The van der Waals surface area contributed by atoms with Gasteiger partial charge in [0.05, 0.1) is 0 Å². The van der Waals surface area contributed by atoms with Crippen molar-refractivity contribution in [2.24, 2.45) is 0 Å². The van der Waals surface area contributed by atoms with Crippen molar-refractivity contribution in [1.82, 2.24) is 15.5 Å². The predicted molar refractivity (Wildman–Crippen MR) is 58.5 cm³/mol. The van der Waals surface area contributed by atoms with Crippen molar-refractivity contribution in [2.45, 2.75) is 51.6 Å². The molecule has 0 bridgehead atoms. The molecule has 1 aromatic heterocycles. The Bertz CT molecular complexity index is 293. The third-order valence-electron chi connectivity index (χ3n) is 2.64. The number of nitrogens with one attached hydrogen (secondary N) is 1. The van der Waals surface area contributed by atoms with Crippen LogP contribution >= 0.6 is 11.3 Å². The standard InChI is InChI=1S/C10H17N3S/c1-3-7(2)10-13-12-9(14-10)6-11-8-4-5-8/h7-8,11H,3-6H2,1-2H3. The average Bonchev–Trinajstić information content (AvgIpc) is 2.92. The van der Waals surface area contributed by atoms with Gasteiger partial charge in [-0.2, -0.15) is 0 Å². The van der Waals surface area contributed by atoms with Crippen molar-refractivity contribution >= 4 is 11.3 Å². The summed E-state index contributed by atoms with van der Waals surface area (Å²) < 4.78 is 0. The summed E-state index contributed by atoms with van der Waals surface area (Å²) in [5, 5.41) is 14.2. The molecule has 1 saturated carbocycles. The van der Waals surface area contributed by atoms with E-state index in [4.69, 9.17) is 0 Å². The molecule has 0 aliphatic heterocycles. The first-order valence-electron chi connectivity index (χ1n) is 5.35. The first kappa shape index (κ1) is 10.1. The minimum absolute atomic E-state index is 0.558. The van der Waals surface area contributed by atoms with Crippen molar-refractivity contribution < 1.29 is 0 Å². The third-order valence-corrected chi connectivity index (χ3v) is 3.79. The van der Waals surface area contributed by atoms with Crippen molar-refractivity contribution in [3.05, 3.63) is 10.0 Å². The lowest BCUT2D eigenvalue weighted by atomic mass is 10.1. The van der Waals surface area contributed by atoms with Crippen molar-refractivity contribution in [2.75, 3.05) is 0 Å². The van der Waals surface area contributed by atoms with Crippen LogP contribution in [0.5, 0.6) is 0 Å². The summed E-state index contributed by atoms with van der Waals surface area (Å²) in [6, 6.07) is 0.756. The van der Waals surface area contributed by atoms with Gasteiger partial charge >= 0.3 is 0 Å². The summed E-state index contributed by atoms with van der Waals surface area (Å²) in [4.78, 5) is 0. The van der Waals surface area contributed by atoms with Gasteiger partial charge in [0.25, 0.3) is 0 Å². The van der Waals surface area contributed by atoms with Gasteiger partial charge in [-0.05, 0) is 19.3 Å². The Balaban J connectivity index is 1.87. The highest BCUT2D eigenvalue weighted by Crippen LogP contribution is 2.23. The summed E-state index contributed by atoms with van der Waals surface area (Å²) in [6.07, 6.45) is 3.80. The van der Waals surface area contributed by atoms with Crippen LogP contribution in [0.4, 0.5) is 0 Å². The zero-order chi connectivity index (χ0) is 9.97. The average molecular weight is 211 g/mol. The molecule has 0 spiro atoms. The number of rotatable bonds is 5. The molecule has 1 aliphatic carbocycles. The van der Waals surface area contributed by atoms with Gasteiger partial charge in [0.2, 0.25) is 0 Å². The third kappa shape index (κ3) is 2.51. The van der Waals surface area contributed by atoms with Gasteiger partial charge in [0.1, 0.15) is 10.0 Å². The predicted octanol–water partition coefficient (Wildman–Crippen LogP) is 2.30. The molecule has 0 amide bonds. The largest absolute Gasteiger partial charge is 0.308 e. The fourth-order valence-corrected chi connectivity index (χ4v) is 2.16. The van der Waals surface area contributed by atoms with Gasteiger partial charge in [-0.25, -0.2) is 0 Å². The van der Waals surface area contributed by atoms with E-state index in [0.29, 0.717) is 5.92 Å². The lowest BCUT2D eigenvalue weighted by Gasteiger charge is -2.00.